The maximum Gasteiger partial charge on any atom is 0.242 e. The first-order valence-corrected chi connectivity index (χ1v) is 10.7. The molecule has 1 atom stereocenters. The molecule has 0 unspecified atom stereocenters. The number of nitrogens with zero attached hydrogens (tertiary/aromatic N) is 1. The van der Waals surface area contributed by atoms with Gasteiger partial charge in [0, 0.05) is 29.7 Å². The number of hydrogen-bond donors (Lipinski definition) is 1. The summed E-state index contributed by atoms with van der Waals surface area (Å²) < 4.78 is 0. The van der Waals surface area contributed by atoms with Crippen LogP contribution in [0.4, 0.5) is 0 Å². The zero-order valence-electron chi connectivity index (χ0n) is 17.1. The first kappa shape index (κ1) is 22.0. The van der Waals surface area contributed by atoms with Gasteiger partial charge in [-0.1, -0.05) is 42.5 Å². The maximum atomic E-state index is 13.0. The monoisotopic (exact) mass is 398 g/mol. The quantitative estimate of drug-likeness (QED) is 0.636. The van der Waals surface area contributed by atoms with Crippen LogP contribution in [-0.4, -0.2) is 34.6 Å². The average molecular weight is 399 g/mol. The van der Waals surface area contributed by atoms with E-state index in [9.17, 15) is 9.59 Å². The van der Waals surface area contributed by atoms with E-state index >= 15 is 0 Å². The normalized spacial score (nSPS) is 11.9. The van der Waals surface area contributed by atoms with E-state index in [2.05, 4.69) is 5.32 Å². The van der Waals surface area contributed by atoms with E-state index in [0.29, 0.717) is 18.7 Å². The van der Waals surface area contributed by atoms with Crippen LogP contribution in [0, 0.1) is 6.92 Å². The number of hydrogen-bond acceptors (Lipinski definition) is 3. The number of thioether (sulfide) groups is 1. The number of rotatable bonds is 9. The Morgan fingerprint density at radius 2 is 1.64 bits per heavy atom. The predicted molar refractivity (Wildman–Crippen MR) is 116 cm³/mol. The van der Waals surface area contributed by atoms with Gasteiger partial charge in [0.2, 0.25) is 11.8 Å². The Hall–Kier alpha value is -2.27. The molecule has 0 aliphatic carbocycles. The summed E-state index contributed by atoms with van der Waals surface area (Å²) in [6.45, 7) is 8.12. The zero-order valence-corrected chi connectivity index (χ0v) is 18.0. The standard InChI is InChI=1S/C23H30N2O2S/c1-17(2)24-23(27)19(4)25(16-20-11-9-8-10-18(20)3)22(26)14-15-28-21-12-6-5-7-13-21/h5-13,17,19H,14-16H2,1-4H3,(H,24,27)/t19-/m1/s1. The lowest BCUT2D eigenvalue weighted by molar-refractivity contribution is -0.140. The second-order valence-corrected chi connectivity index (χ2v) is 8.37. The largest absolute Gasteiger partial charge is 0.352 e. The van der Waals surface area contributed by atoms with E-state index < -0.39 is 6.04 Å². The highest BCUT2D eigenvalue weighted by Gasteiger charge is 2.26. The lowest BCUT2D eigenvalue weighted by Gasteiger charge is -2.30. The van der Waals surface area contributed by atoms with Crippen molar-refractivity contribution in [1.29, 1.82) is 0 Å². The van der Waals surface area contributed by atoms with Gasteiger partial charge >= 0.3 is 0 Å². The molecule has 0 saturated heterocycles. The molecule has 0 saturated carbocycles. The van der Waals surface area contributed by atoms with Gasteiger partial charge in [0.05, 0.1) is 0 Å². The summed E-state index contributed by atoms with van der Waals surface area (Å²) in [7, 11) is 0. The van der Waals surface area contributed by atoms with Crippen molar-refractivity contribution in [3.8, 4) is 0 Å². The van der Waals surface area contributed by atoms with Gasteiger partial charge in [-0.3, -0.25) is 9.59 Å². The Balaban J connectivity index is 2.08. The molecule has 28 heavy (non-hydrogen) atoms. The van der Waals surface area contributed by atoms with Crippen molar-refractivity contribution in [2.24, 2.45) is 0 Å². The van der Waals surface area contributed by atoms with Gasteiger partial charge in [0.1, 0.15) is 6.04 Å². The van der Waals surface area contributed by atoms with E-state index in [4.69, 9.17) is 0 Å². The third-order valence-corrected chi connectivity index (χ3v) is 5.54. The molecule has 0 fully saturated rings. The number of amides is 2. The molecule has 0 aliphatic rings. The van der Waals surface area contributed by atoms with Gasteiger partial charge in [-0.15, -0.1) is 11.8 Å². The summed E-state index contributed by atoms with van der Waals surface area (Å²) >= 11 is 1.66. The van der Waals surface area contributed by atoms with Crippen LogP contribution in [0.1, 0.15) is 38.3 Å². The molecule has 2 aromatic rings. The van der Waals surface area contributed by atoms with Crippen LogP contribution in [0.2, 0.25) is 0 Å². The summed E-state index contributed by atoms with van der Waals surface area (Å²) in [4.78, 5) is 28.4. The second-order valence-electron chi connectivity index (χ2n) is 7.20. The molecule has 4 nitrogen and oxygen atoms in total. The van der Waals surface area contributed by atoms with Gasteiger partial charge in [-0.25, -0.2) is 0 Å². The molecule has 5 heteroatoms. The minimum absolute atomic E-state index is 0.00177. The third kappa shape index (κ3) is 6.71. The molecule has 1 N–H and O–H groups in total. The summed E-state index contributed by atoms with van der Waals surface area (Å²) in [5.41, 5.74) is 2.19. The Morgan fingerprint density at radius 1 is 1.00 bits per heavy atom. The van der Waals surface area contributed by atoms with E-state index in [1.807, 2.05) is 75.4 Å². The molecule has 0 radical (unpaired) electrons. The Bertz CT molecular complexity index is 777. The predicted octanol–water partition coefficient (Wildman–Crippen LogP) is 4.42. The first-order valence-electron chi connectivity index (χ1n) is 9.70. The van der Waals surface area contributed by atoms with Gasteiger partial charge in [0.15, 0.2) is 0 Å². The van der Waals surface area contributed by atoms with Crippen LogP contribution in [0.15, 0.2) is 59.5 Å². The van der Waals surface area contributed by atoms with E-state index in [0.717, 1.165) is 16.0 Å². The molecular formula is C23H30N2O2S. The van der Waals surface area contributed by atoms with Crippen LogP contribution in [0.25, 0.3) is 0 Å². The molecule has 0 heterocycles. The molecule has 2 rings (SSSR count). The lowest BCUT2D eigenvalue weighted by atomic mass is 10.1. The summed E-state index contributed by atoms with van der Waals surface area (Å²) in [6, 6.07) is 17.6. The number of carbonyl (C=O) groups is 2. The van der Waals surface area contributed by atoms with Crippen molar-refractivity contribution in [2.75, 3.05) is 5.75 Å². The molecule has 2 amide bonds. The molecule has 2 aromatic carbocycles. The topological polar surface area (TPSA) is 49.4 Å². The Kier molecular flexibility index (Phi) is 8.58. The van der Waals surface area contributed by atoms with Crippen molar-refractivity contribution < 1.29 is 9.59 Å². The molecule has 0 aliphatic heterocycles. The van der Waals surface area contributed by atoms with E-state index in [-0.39, 0.29) is 17.9 Å². The van der Waals surface area contributed by atoms with Crippen molar-refractivity contribution >= 4 is 23.6 Å². The number of benzene rings is 2. The van der Waals surface area contributed by atoms with Crippen molar-refractivity contribution in [3.05, 3.63) is 65.7 Å². The minimum Gasteiger partial charge on any atom is -0.352 e. The van der Waals surface area contributed by atoms with Crippen molar-refractivity contribution in [1.82, 2.24) is 10.2 Å². The molecule has 0 aromatic heterocycles. The summed E-state index contributed by atoms with van der Waals surface area (Å²) in [5, 5.41) is 2.92. The van der Waals surface area contributed by atoms with Crippen molar-refractivity contribution in [3.63, 3.8) is 0 Å². The van der Waals surface area contributed by atoms with E-state index in [1.165, 1.54) is 0 Å². The van der Waals surface area contributed by atoms with Crippen LogP contribution in [0.5, 0.6) is 0 Å². The van der Waals surface area contributed by atoms with Crippen LogP contribution in [0.3, 0.4) is 0 Å². The second kappa shape index (κ2) is 10.9. The highest BCUT2D eigenvalue weighted by Crippen LogP contribution is 2.20. The molecular weight excluding hydrogens is 368 g/mol. The fourth-order valence-electron chi connectivity index (χ4n) is 2.88. The minimum atomic E-state index is -0.517. The Morgan fingerprint density at radius 3 is 2.29 bits per heavy atom. The number of nitrogens with one attached hydrogen (secondary N) is 1. The smallest absolute Gasteiger partial charge is 0.242 e. The van der Waals surface area contributed by atoms with Crippen molar-refractivity contribution in [2.45, 2.75) is 57.6 Å². The lowest BCUT2D eigenvalue weighted by Crippen LogP contribution is -2.49. The molecule has 150 valence electrons. The van der Waals surface area contributed by atoms with Gasteiger partial charge in [-0.2, -0.15) is 0 Å². The molecule has 0 bridgehead atoms. The van der Waals surface area contributed by atoms with Gasteiger partial charge in [-0.05, 0) is 51.0 Å². The SMILES string of the molecule is Cc1ccccc1CN(C(=O)CCSc1ccccc1)[C@H](C)C(=O)NC(C)C. The first-order chi connectivity index (χ1) is 13.4. The fraction of sp³-hybridized carbons (Fsp3) is 0.391. The van der Waals surface area contributed by atoms with Crippen LogP contribution >= 0.6 is 11.8 Å². The van der Waals surface area contributed by atoms with Crippen LogP contribution < -0.4 is 5.32 Å². The number of carbonyl (C=O) groups excluding carboxylic acids is 2. The summed E-state index contributed by atoms with van der Waals surface area (Å²) in [5.74, 6) is 0.566. The fourth-order valence-corrected chi connectivity index (χ4v) is 3.74. The highest BCUT2D eigenvalue weighted by molar-refractivity contribution is 7.99. The van der Waals surface area contributed by atoms with Crippen LogP contribution in [-0.2, 0) is 16.1 Å². The molecule has 0 spiro atoms. The maximum absolute atomic E-state index is 13.0. The summed E-state index contributed by atoms with van der Waals surface area (Å²) in [6.07, 6.45) is 0.394. The highest BCUT2D eigenvalue weighted by atomic mass is 32.2. The third-order valence-electron chi connectivity index (χ3n) is 4.53. The van der Waals surface area contributed by atoms with Gasteiger partial charge < -0.3 is 10.2 Å². The van der Waals surface area contributed by atoms with Gasteiger partial charge in [0.25, 0.3) is 0 Å². The Labute approximate surface area is 172 Å². The van der Waals surface area contributed by atoms with E-state index in [1.54, 1.807) is 23.6 Å². The zero-order chi connectivity index (χ0) is 20.5. The number of aryl methyl sites for hydroxylation is 1. The average Bonchev–Trinajstić information content (AvgIpc) is 2.67.